The van der Waals surface area contributed by atoms with Gasteiger partial charge in [-0.3, -0.25) is 15.1 Å². The van der Waals surface area contributed by atoms with Crippen molar-refractivity contribution in [2.45, 2.75) is 74.6 Å². The molecule has 0 spiro atoms. The molecule has 6 nitrogen and oxygen atoms in total. The Morgan fingerprint density at radius 2 is 1.79 bits per heavy atom. The van der Waals surface area contributed by atoms with Gasteiger partial charge in [0.1, 0.15) is 16.8 Å². The van der Waals surface area contributed by atoms with Crippen LogP contribution in [0.1, 0.15) is 69.0 Å². The summed E-state index contributed by atoms with van der Waals surface area (Å²) in [6.45, 7) is 6.56. The van der Waals surface area contributed by atoms with Crippen LogP contribution in [0, 0.1) is 5.41 Å². The Morgan fingerprint density at radius 1 is 1.06 bits per heavy atom. The highest BCUT2D eigenvalue weighted by molar-refractivity contribution is 8.00. The lowest BCUT2D eigenvalue weighted by Crippen LogP contribution is -2.44. The summed E-state index contributed by atoms with van der Waals surface area (Å²) >= 11 is 1.53. The van der Waals surface area contributed by atoms with Gasteiger partial charge in [0.25, 0.3) is 0 Å². The lowest BCUT2D eigenvalue weighted by Gasteiger charge is -2.39. The maximum absolute atomic E-state index is 13.5. The Labute approximate surface area is 201 Å². The number of amidine groups is 1. The zero-order valence-corrected chi connectivity index (χ0v) is 20.5. The van der Waals surface area contributed by atoms with Crippen molar-refractivity contribution in [2.75, 3.05) is 18.0 Å². The number of hydrogen-bond acceptors (Lipinski definition) is 5. The summed E-state index contributed by atoms with van der Waals surface area (Å²) in [7, 11) is 0. The summed E-state index contributed by atoms with van der Waals surface area (Å²) in [6.07, 6.45) is 7.22. The molecule has 3 atom stereocenters. The first kappa shape index (κ1) is 23.8. The molecule has 0 bridgehead atoms. The largest absolute Gasteiger partial charge is 0.382 e. The topological polar surface area (TPSA) is 86.3 Å². The second kappa shape index (κ2) is 10.7. The molecule has 4 rings (SSSR count). The van der Waals surface area contributed by atoms with Gasteiger partial charge in [0.15, 0.2) is 0 Å². The van der Waals surface area contributed by atoms with Crippen molar-refractivity contribution in [2.24, 2.45) is 5.73 Å². The van der Waals surface area contributed by atoms with Crippen molar-refractivity contribution >= 4 is 29.2 Å². The number of nitrogen functional groups attached to an aromatic ring is 1. The number of unbranched alkanes of at least 4 members (excludes halogenated alkanes) is 2. The van der Waals surface area contributed by atoms with Crippen molar-refractivity contribution in [3.05, 3.63) is 53.9 Å². The van der Waals surface area contributed by atoms with E-state index in [1.807, 2.05) is 35.2 Å². The third-order valence-corrected chi connectivity index (χ3v) is 8.16. The maximum atomic E-state index is 13.5. The SMILES string of the molecule is C[C@@H]1CCC[C@H](C)N1CCCCCN1C(=O)C(c2cccc(C(=N)N)n2)Sc2ccccc21. The third-order valence-electron chi connectivity index (χ3n) is 6.88. The predicted molar refractivity (Wildman–Crippen MR) is 136 cm³/mol. The van der Waals surface area contributed by atoms with Gasteiger partial charge in [0.2, 0.25) is 5.91 Å². The first-order valence-corrected chi connectivity index (χ1v) is 13.0. The van der Waals surface area contributed by atoms with Gasteiger partial charge in [0.05, 0.1) is 11.4 Å². The van der Waals surface area contributed by atoms with Crippen LogP contribution in [0.25, 0.3) is 0 Å². The van der Waals surface area contributed by atoms with E-state index in [2.05, 4.69) is 29.8 Å². The molecule has 3 heterocycles. The van der Waals surface area contributed by atoms with Crippen LogP contribution in [0.2, 0.25) is 0 Å². The van der Waals surface area contributed by atoms with Gasteiger partial charge in [0, 0.05) is 23.5 Å². The molecule has 1 fully saturated rings. The Balaban J connectivity index is 1.42. The molecule has 1 saturated heterocycles. The molecule has 3 N–H and O–H groups in total. The number of rotatable bonds is 8. The summed E-state index contributed by atoms with van der Waals surface area (Å²) < 4.78 is 0. The molecule has 1 unspecified atom stereocenters. The number of pyridine rings is 1. The number of amides is 1. The highest BCUT2D eigenvalue weighted by Crippen LogP contribution is 2.46. The summed E-state index contributed by atoms with van der Waals surface area (Å²) in [5, 5.41) is 7.27. The fourth-order valence-electron chi connectivity index (χ4n) is 5.04. The molecule has 176 valence electrons. The van der Waals surface area contributed by atoms with Crippen LogP contribution < -0.4 is 10.6 Å². The third kappa shape index (κ3) is 5.41. The first-order chi connectivity index (χ1) is 16.0. The van der Waals surface area contributed by atoms with Crippen molar-refractivity contribution in [3.63, 3.8) is 0 Å². The van der Waals surface area contributed by atoms with Gasteiger partial charge in [-0.1, -0.05) is 31.0 Å². The Hall–Kier alpha value is -2.38. The van der Waals surface area contributed by atoms with Crippen molar-refractivity contribution in [3.8, 4) is 0 Å². The minimum absolute atomic E-state index is 0.0603. The van der Waals surface area contributed by atoms with Crippen LogP contribution in [-0.2, 0) is 4.79 Å². The summed E-state index contributed by atoms with van der Waals surface area (Å²) in [5.41, 5.74) is 7.69. The van der Waals surface area contributed by atoms with Crippen LogP contribution in [0.15, 0.2) is 47.4 Å². The van der Waals surface area contributed by atoms with Gasteiger partial charge < -0.3 is 10.6 Å². The Kier molecular flexibility index (Phi) is 7.71. The second-order valence-electron chi connectivity index (χ2n) is 9.24. The van der Waals surface area contributed by atoms with Gasteiger partial charge in [-0.2, -0.15) is 0 Å². The van der Waals surface area contributed by atoms with E-state index in [4.69, 9.17) is 11.1 Å². The van der Waals surface area contributed by atoms with Gasteiger partial charge in [-0.15, -0.1) is 11.8 Å². The number of anilines is 1. The number of aromatic nitrogens is 1. The highest BCUT2D eigenvalue weighted by Gasteiger charge is 2.35. The molecule has 1 aromatic carbocycles. The molecule has 0 radical (unpaired) electrons. The van der Waals surface area contributed by atoms with Gasteiger partial charge in [-0.25, -0.2) is 4.98 Å². The standard InChI is InChI=1S/C26H35N5OS/c1-18-10-8-11-19(2)30(18)16-6-3-7-17-31-22-14-4-5-15-23(22)33-24(26(31)32)20-12-9-13-21(29-20)25(27)28/h4-5,9,12-15,18-19,24H,3,6-8,10-11,16-17H2,1-2H3,(H3,27,28)/t18-,19+,24?. The molecular weight excluding hydrogens is 430 g/mol. The Bertz CT molecular complexity index is 986. The van der Waals surface area contributed by atoms with E-state index < -0.39 is 5.25 Å². The van der Waals surface area contributed by atoms with Crippen LogP contribution in [0.5, 0.6) is 0 Å². The van der Waals surface area contributed by atoms with E-state index in [1.165, 1.54) is 37.4 Å². The lowest BCUT2D eigenvalue weighted by atomic mass is 9.97. The highest BCUT2D eigenvalue weighted by atomic mass is 32.2. The fourth-order valence-corrected chi connectivity index (χ4v) is 6.23. The van der Waals surface area contributed by atoms with E-state index in [9.17, 15) is 4.79 Å². The minimum Gasteiger partial charge on any atom is -0.382 e. The molecule has 0 aliphatic carbocycles. The number of fused-ring (bicyclic) bond motifs is 1. The molecule has 1 amide bonds. The molecule has 2 aliphatic heterocycles. The first-order valence-electron chi connectivity index (χ1n) is 12.1. The number of nitrogens with zero attached hydrogens (tertiary/aromatic N) is 3. The quantitative estimate of drug-likeness (QED) is 0.326. The minimum atomic E-state index is -0.422. The van der Waals surface area contributed by atoms with Crippen LogP contribution >= 0.6 is 11.8 Å². The average molecular weight is 466 g/mol. The smallest absolute Gasteiger partial charge is 0.246 e. The number of carbonyl (C=O) groups is 1. The monoisotopic (exact) mass is 465 g/mol. The average Bonchev–Trinajstić information content (AvgIpc) is 2.81. The van der Waals surface area contributed by atoms with Crippen LogP contribution in [0.4, 0.5) is 5.69 Å². The van der Waals surface area contributed by atoms with Crippen molar-refractivity contribution < 1.29 is 4.79 Å². The maximum Gasteiger partial charge on any atom is 0.246 e. The second-order valence-corrected chi connectivity index (χ2v) is 10.4. The van der Waals surface area contributed by atoms with E-state index in [-0.39, 0.29) is 11.7 Å². The van der Waals surface area contributed by atoms with Crippen LogP contribution in [-0.4, -0.2) is 46.8 Å². The van der Waals surface area contributed by atoms with E-state index >= 15 is 0 Å². The predicted octanol–water partition coefficient (Wildman–Crippen LogP) is 4.98. The molecule has 0 saturated carbocycles. The number of carbonyl (C=O) groups excluding carboxylic acids is 1. The zero-order chi connectivity index (χ0) is 23.4. The number of nitrogens with two attached hydrogens (primary N) is 1. The summed E-state index contributed by atoms with van der Waals surface area (Å²) in [6, 6.07) is 14.9. The lowest BCUT2D eigenvalue weighted by molar-refractivity contribution is -0.118. The number of piperidine rings is 1. The van der Waals surface area contributed by atoms with Crippen molar-refractivity contribution in [1.29, 1.82) is 5.41 Å². The summed E-state index contributed by atoms with van der Waals surface area (Å²) in [5.74, 6) is -0.0233. The fraction of sp³-hybridized carbons (Fsp3) is 0.500. The van der Waals surface area contributed by atoms with Gasteiger partial charge >= 0.3 is 0 Å². The zero-order valence-electron chi connectivity index (χ0n) is 19.7. The number of para-hydroxylation sites is 1. The molecular formula is C26H35N5OS. The molecule has 2 aliphatic rings. The van der Waals surface area contributed by atoms with Crippen LogP contribution in [0.3, 0.4) is 0 Å². The number of thioether (sulfide) groups is 1. The van der Waals surface area contributed by atoms with Gasteiger partial charge in [-0.05, 0) is 70.3 Å². The molecule has 7 heteroatoms. The number of nitrogens with one attached hydrogen (secondary N) is 1. The molecule has 2 aromatic rings. The summed E-state index contributed by atoms with van der Waals surface area (Å²) in [4.78, 5) is 23.7. The number of benzene rings is 1. The molecule has 33 heavy (non-hydrogen) atoms. The van der Waals surface area contributed by atoms with Crippen molar-refractivity contribution in [1.82, 2.24) is 9.88 Å². The normalized spacial score (nSPS) is 23.4. The number of hydrogen-bond donors (Lipinski definition) is 2. The molecule has 1 aromatic heterocycles. The van der Waals surface area contributed by atoms with E-state index in [1.54, 1.807) is 6.07 Å². The number of likely N-dealkylation sites (tertiary alicyclic amines) is 1. The van der Waals surface area contributed by atoms with E-state index in [0.717, 1.165) is 30.0 Å². The Morgan fingerprint density at radius 3 is 2.55 bits per heavy atom. The van der Waals surface area contributed by atoms with E-state index in [0.29, 0.717) is 30.0 Å².